The summed E-state index contributed by atoms with van der Waals surface area (Å²) in [5.41, 5.74) is 3.51. The lowest BCUT2D eigenvalue weighted by molar-refractivity contribution is 0.102. The molecule has 0 radical (unpaired) electrons. The fourth-order valence-corrected chi connectivity index (χ4v) is 2.93. The van der Waals surface area contributed by atoms with E-state index in [1.54, 1.807) is 18.2 Å². The van der Waals surface area contributed by atoms with Crippen molar-refractivity contribution in [3.63, 3.8) is 0 Å². The standard InChI is InChI=1S/C22H25N3O3/c1-4-5-6-10-27-19-9-7-8-17(14-19)20(26)23-22-25-24-21(28-22)18-12-15(2)11-16(3)13-18/h7-9,11-14H,4-6,10H2,1-3H3,(H,23,25,26). The van der Waals surface area contributed by atoms with Gasteiger partial charge in [0.1, 0.15) is 5.75 Å². The number of benzene rings is 2. The summed E-state index contributed by atoms with van der Waals surface area (Å²) in [7, 11) is 0. The molecule has 0 saturated carbocycles. The minimum absolute atomic E-state index is 0.0634. The Kier molecular flexibility index (Phi) is 6.42. The molecule has 6 nitrogen and oxygen atoms in total. The Bertz CT molecular complexity index is 929. The van der Waals surface area contributed by atoms with Gasteiger partial charge in [0.2, 0.25) is 5.89 Å². The van der Waals surface area contributed by atoms with Crippen LogP contribution in [0.1, 0.15) is 47.7 Å². The maximum absolute atomic E-state index is 12.5. The number of ether oxygens (including phenoxy) is 1. The van der Waals surface area contributed by atoms with Crippen LogP contribution in [-0.4, -0.2) is 22.7 Å². The van der Waals surface area contributed by atoms with Gasteiger partial charge < -0.3 is 9.15 Å². The van der Waals surface area contributed by atoms with Crippen molar-refractivity contribution < 1.29 is 13.9 Å². The average molecular weight is 379 g/mol. The van der Waals surface area contributed by atoms with E-state index in [4.69, 9.17) is 9.15 Å². The summed E-state index contributed by atoms with van der Waals surface area (Å²) < 4.78 is 11.3. The van der Waals surface area contributed by atoms with E-state index in [1.165, 1.54) is 0 Å². The van der Waals surface area contributed by atoms with Crippen molar-refractivity contribution in [3.8, 4) is 17.2 Å². The first-order valence-corrected chi connectivity index (χ1v) is 9.51. The van der Waals surface area contributed by atoms with Crippen LogP contribution in [0.4, 0.5) is 6.01 Å². The monoisotopic (exact) mass is 379 g/mol. The zero-order valence-corrected chi connectivity index (χ0v) is 16.5. The Balaban J connectivity index is 1.66. The Morgan fingerprint density at radius 3 is 2.61 bits per heavy atom. The fourth-order valence-electron chi connectivity index (χ4n) is 2.93. The molecule has 0 fully saturated rings. The molecule has 0 atom stereocenters. The van der Waals surface area contributed by atoms with Crippen LogP contribution in [0, 0.1) is 13.8 Å². The third-order valence-electron chi connectivity index (χ3n) is 4.23. The number of aromatic nitrogens is 2. The van der Waals surface area contributed by atoms with Crippen LogP contribution in [0.3, 0.4) is 0 Å². The summed E-state index contributed by atoms with van der Waals surface area (Å²) in [6.07, 6.45) is 3.26. The number of hydrogen-bond donors (Lipinski definition) is 1. The van der Waals surface area contributed by atoms with Gasteiger partial charge in [-0.1, -0.05) is 48.1 Å². The van der Waals surface area contributed by atoms with E-state index < -0.39 is 0 Å². The molecule has 1 heterocycles. The number of nitrogens with one attached hydrogen (secondary N) is 1. The molecule has 2 aromatic carbocycles. The minimum Gasteiger partial charge on any atom is -0.494 e. The Morgan fingerprint density at radius 1 is 1.07 bits per heavy atom. The molecular weight excluding hydrogens is 354 g/mol. The molecule has 28 heavy (non-hydrogen) atoms. The zero-order chi connectivity index (χ0) is 19.9. The van der Waals surface area contributed by atoms with E-state index >= 15 is 0 Å². The second kappa shape index (κ2) is 9.17. The van der Waals surface area contributed by atoms with Gasteiger partial charge in [-0.25, -0.2) is 0 Å². The van der Waals surface area contributed by atoms with Gasteiger partial charge in [-0.05, 0) is 50.6 Å². The molecule has 0 aliphatic heterocycles. The molecule has 1 aromatic heterocycles. The van der Waals surface area contributed by atoms with Crippen LogP contribution in [0.25, 0.3) is 11.5 Å². The number of carbonyl (C=O) groups is 1. The summed E-state index contributed by atoms with van der Waals surface area (Å²) in [4.78, 5) is 12.5. The minimum atomic E-state index is -0.324. The molecule has 1 N–H and O–H groups in total. The number of rotatable bonds is 8. The zero-order valence-electron chi connectivity index (χ0n) is 16.5. The predicted octanol–water partition coefficient (Wildman–Crippen LogP) is 5.17. The van der Waals surface area contributed by atoms with E-state index in [0.717, 1.165) is 36.0 Å². The van der Waals surface area contributed by atoms with Gasteiger partial charge in [-0.3, -0.25) is 10.1 Å². The summed E-state index contributed by atoms with van der Waals surface area (Å²) in [5, 5.41) is 10.6. The number of amides is 1. The Hall–Kier alpha value is -3.15. The lowest BCUT2D eigenvalue weighted by atomic mass is 10.1. The summed E-state index contributed by atoms with van der Waals surface area (Å²) in [6.45, 7) is 6.80. The van der Waals surface area contributed by atoms with E-state index in [9.17, 15) is 4.79 Å². The highest BCUT2D eigenvalue weighted by molar-refractivity contribution is 6.03. The smallest absolute Gasteiger partial charge is 0.322 e. The van der Waals surface area contributed by atoms with E-state index in [-0.39, 0.29) is 11.9 Å². The van der Waals surface area contributed by atoms with Gasteiger partial charge in [-0.2, -0.15) is 0 Å². The van der Waals surface area contributed by atoms with Crippen molar-refractivity contribution in [2.75, 3.05) is 11.9 Å². The first-order chi connectivity index (χ1) is 13.5. The number of carbonyl (C=O) groups excluding carboxylic acids is 1. The first kappa shape index (κ1) is 19.6. The molecule has 1 amide bonds. The summed E-state index contributed by atoms with van der Waals surface area (Å²) >= 11 is 0. The molecule has 0 aliphatic rings. The fraction of sp³-hybridized carbons (Fsp3) is 0.318. The lowest BCUT2D eigenvalue weighted by Crippen LogP contribution is -2.12. The van der Waals surface area contributed by atoms with E-state index in [2.05, 4.69) is 28.5 Å². The summed E-state index contributed by atoms with van der Waals surface area (Å²) in [6, 6.07) is 13.1. The van der Waals surface area contributed by atoms with Gasteiger partial charge in [0.15, 0.2) is 0 Å². The molecule has 3 aromatic rings. The number of anilines is 1. The SMILES string of the molecule is CCCCCOc1cccc(C(=O)Nc2nnc(-c3cc(C)cc(C)c3)o2)c1. The number of aryl methyl sites for hydroxylation is 2. The van der Waals surface area contributed by atoms with Crippen LogP contribution >= 0.6 is 0 Å². The lowest BCUT2D eigenvalue weighted by Gasteiger charge is -2.07. The van der Waals surface area contributed by atoms with Crippen molar-refractivity contribution in [2.45, 2.75) is 40.0 Å². The molecule has 6 heteroatoms. The van der Waals surface area contributed by atoms with Crippen LogP contribution in [-0.2, 0) is 0 Å². The van der Waals surface area contributed by atoms with Crippen LogP contribution in [0.2, 0.25) is 0 Å². The van der Waals surface area contributed by atoms with Crippen molar-refractivity contribution in [2.24, 2.45) is 0 Å². The summed E-state index contributed by atoms with van der Waals surface area (Å²) in [5.74, 6) is 0.718. The van der Waals surface area contributed by atoms with Crippen molar-refractivity contribution in [1.82, 2.24) is 10.2 Å². The molecule has 3 rings (SSSR count). The molecule has 0 aliphatic carbocycles. The van der Waals surface area contributed by atoms with Gasteiger partial charge in [-0.15, -0.1) is 5.10 Å². The number of hydrogen-bond acceptors (Lipinski definition) is 5. The first-order valence-electron chi connectivity index (χ1n) is 9.51. The Labute approximate surface area is 164 Å². The van der Waals surface area contributed by atoms with Gasteiger partial charge >= 0.3 is 6.01 Å². The molecule has 0 spiro atoms. The highest BCUT2D eigenvalue weighted by Gasteiger charge is 2.14. The average Bonchev–Trinajstić information content (AvgIpc) is 3.13. The maximum Gasteiger partial charge on any atom is 0.322 e. The van der Waals surface area contributed by atoms with E-state index in [1.807, 2.05) is 32.0 Å². The Morgan fingerprint density at radius 2 is 1.86 bits per heavy atom. The van der Waals surface area contributed by atoms with Crippen molar-refractivity contribution in [3.05, 3.63) is 59.2 Å². The predicted molar refractivity (Wildman–Crippen MR) is 109 cm³/mol. The quantitative estimate of drug-likeness (QED) is 0.546. The molecule has 0 saturated heterocycles. The highest BCUT2D eigenvalue weighted by atomic mass is 16.5. The second-order valence-electron chi connectivity index (χ2n) is 6.83. The molecular formula is C22H25N3O3. The van der Waals surface area contributed by atoms with Crippen LogP contribution in [0.5, 0.6) is 5.75 Å². The second-order valence-corrected chi connectivity index (χ2v) is 6.83. The largest absolute Gasteiger partial charge is 0.494 e. The number of unbranched alkanes of at least 4 members (excludes halogenated alkanes) is 2. The number of nitrogens with zero attached hydrogens (tertiary/aromatic N) is 2. The normalized spacial score (nSPS) is 10.7. The van der Waals surface area contributed by atoms with E-state index in [0.29, 0.717) is 23.8 Å². The van der Waals surface area contributed by atoms with Gasteiger partial charge in [0.25, 0.3) is 5.91 Å². The molecule has 146 valence electrons. The van der Waals surface area contributed by atoms with Gasteiger partial charge in [0.05, 0.1) is 6.61 Å². The van der Waals surface area contributed by atoms with Gasteiger partial charge in [0, 0.05) is 11.1 Å². The maximum atomic E-state index is 12.5. The molecule has 0 unspecified atom stereocenters. The van der Waals surface area contributed by atoms with Crippen molar-refractivity contribution >= 4 is 11.9 Å². The third kappa shape index (κ3) is 5.19. The molecule has 0 bridgehead atoms. The van der Waals surface area contributed by atoms with Crippen LogP contribution < -0.4 is 10.1 Å². The highest BCUT2D eigenvalue weighted by Crippen LogP contribution is 2.23. The van der Waals surface area contributed by atoms with Crippen LogP contribution in [0.15, 0.2) is 46.9 Å². The van der Waals surface area contributed by atoms with Crippen molar-refractivity contribution in [1.29, 1.82) is 0 Å². The topological polar surface area (TPSA) is 77.2 Å². The third-order valence-corrected chi connectivity index (χ3v) is 4.23.